The van der Waals surface area contributed by atoms with Gasteiger partial charge >= 0.3 is 0 Å². The maximum absolute atomic E-state index is 5.89. The van der Waals surface area contributed by atoms with Gasteiger partial charge < -0.3 is 5.73 Å². The van der Waals surface area contributed by atoms with Crippen molar-refractivity contribution >= 4 is 16.3 Å². The summed E-state index contributed by atoms with van der Waals surface area (Å²) in [5, 5.41) is 14.5. The molecular formula is C15H17N5S. The van der Waals surface area contributed by atoms with E-state index in [1.807, 2.05) is 34.8 Å². The fourth-order valence-corrected chi connectivity index (χ4v) is 4.26. The molecule has 5 nitrogen and oxygen atoms in total. The van der Waals surface area contributed by atoms with Crippen molar-refractivity contribution in [3.05, 3.63) is 35.3 Å². The Morgan fingerprint density at radius 2 is 2.05 bits per heavy atom. The van der Waals surface area contributed by atoms with Crippen molar-refractivity contribution in [3.63, 3.8) is 0 Å². The fourth-order valence-electron chi connectivity index (χ4n) is 3.19. The topological polar surface area (TPSA) is 69.1 Å². The van der Waals surface area contributed by atoms with Gasteiger partial charge in [-0.3, -0.25) is 0 Å². The zero-order chi connectivity index (χ0) is 14.2. The molecule has 0 bridgehead atoms. The molecule has 2 heterocycles. The average molecular weight is 299 g/mol. The zero-order valence-corrected chi connectivity index (χ0v) is 12.5. The number of benzene rings is 1. The molecule has 0 aliphatic heterocycles. The average Bonchev–Trinajstić information content (AvgIpc) is 3.22. The largest absolute Gasteiger partial charge is 0.330 e. The Morgan fingerprint density at radius 1 is 1.19 bits per heavy atom. The number of hydrogen-bond acceptors (Lipinski definition) is 5. The second-order valence-corrected chi connectivity index (χ2v) is 6.55. The lowest BCUT2D eigenvalue weighted by molar-refractivity contribution is 0.491. The van der Waals surface area contributed by atoms with Crippen LogP contribution in [0.4, 0.5) is 0 Å². The lowest BCUT2D eigenvalue weighted by atomic mass is 9.97. The van der Waals surface area contributed by atoms with Crippen molar-refractivity contribution in [2.75, 3.05) is 6.54 Å². The molecule has 0 saturated heterocycles. The third-order valence-corrected chi connectivity index (χ3v) is 5.35. The van der Waals surface area contributed by atoms with Crippen LogP contribution in [0.5, 0.6) is 0 Å². The van der Waals surface area contributed by atoms with Crippen LogP contribution in [0.15, 0.2) is 30.3 Å². The van der Waals surface area contributed by atoms with E-state index >= 15 is 0 Å². The van der Waals surface area contributed by atoms with Gasteiger partial charge in [0.15, 0.2) is 5.82 Å². The highest BCUT2D eigenvalue weighted by molar-refractivity contribution is 7.16. The van der Waals surface area contributed by atoms with Gasteiger partial charge in [-0.1, -0.05) is 48.1 Å². The molecule has 0 spiro atoms. The van der Waals surface area contributed by atoms with E-state index in [-0.39, 0.29) is 0 Å². The molecule has 1 aliphatic rings. The minimum absolute atomic E-state index is 0.491. The van der Waals surface area contributed by atoms with E-state index in [0.717, 1.165) is 27.9 Å². The second kappa shape index (κ2) is 5.20. The Morgan fingerprint density at radius 3 is 2.86 bits per heavy atom. The van der Waals surface area contributed by atoms with Crippen molar-refractivity contribution < 1.29 is 0 Å². The van der Waals surface area contributed by atoms with Gasteiger partial charge in [0.25, 0.3) is 0 Å². The zero-order valence-electron chi connectivity index (χ0n) is 11.6. The summed E-state index contributed by atoms with van der Waals surface area (Å²) in [6, 6.07) is 10.1. The molecule has 0 radical (unpaired) electrons. The Bertz CT molecular complexity index is 748. The minimum atomic E-state index is 0.491. The van der Waals surface area contributed by atoms with Gasteiger partial charge in [-0.05, 0) is 25.3 Å². The van der Waals surface area contributed by atoms with Crippen molar-refractivity contribution in [2.24, 2.45) is 11.7 Å². The molecule has 3 aromatic rings. The molecule has 1 aliphatic carbocycles. The number of fused-ring (bicyclic) bond motifs is 1. The van der Waals surface area contributed by atoms with Crippen LogP contribution in [0, 0.1) is 5.92 Å². The standard InChI is InChI=1S/C15H17N5S/c16-9-11-7-4-8-12(11)14-19-20-13(17-18-15(20)21-14)10-5-2-1-3-6-10/h1-3,5-6,11-12H,4,7-9,16H2. The summed E-state index contributed by atoms with van der Waals surface area (Å²) in [5.74, 6) is 1.87. The number of aromatic nitrogens is 4. The highest BCUT2D eigenvalue weighted by Crippen LogP contribution is 2.40. The summed E-state index contributed by atoms with van der Waals surface area (Å²) in [7, 11) is 0. The van der Waals surface area contributed by atoms with Crippen LogP contribution in [0.1, 0.15) is 30.2 Å². The Labute approximate surface area is 126 Å². The maximum Gasteiger partial charge on any atom is 0.234 e. The van der Waals surface area contributed by atoms with E-state index in [0.29, 0.717) is 11.8 Å². The molecule has 1 fully saturated rings. The molecule has 21 heavy (non-hydrogen) atoms. The first-order chi connectivity index (χ1) is 10.4. The molecule has 2 aromatic heterocycles. The van der Waals surface area contributed by atoms with Gasteiger partial charge in [0.1, 0.15) is 5.01 Å². The van der Waals surface area contributed by atoms with Gasteiger partial charge in [0.2, 0.25) is 4.96 Å². The summed E-state index contributed by atoms with van der Waals surface area (Å²) >= 11 is 1.65. The van der Waals surface area contributed by atoms with Gasteiger partial charge in [0, 0.05) is 11.5 Å². The van der Waals surface area contributed by atoms with Crippen LogP contribution >= 0.6 is 11.3 Å². The molecule has 1 aromatic carbocycles. The highest BCUT2D eigenvalue weighted by atomic mass is 32.1. The van der Waals surface area contributed by atoms with Crippen molar-refractivity contribution in [3.8, 4) is 11.4 Å². The minimum Gasteiger partial charge on any atom is -0.330 e. The normalized spacial score (nSPS) is 22.1. The van der Waals surface area contributed by atoms with Crippen LogP contribution in [0.25, 0.3) is 16.3 Å². The summed E-state index contributed by atoms with van der Waals surface area (Å²) in [6.07, 6.45) is 3.65. The predicted octanol–water partition coefficient (Wildman–Crippen LogP) is 2.70. The quantitative estimate of drug-likeness (QED) is 0.807. The Kier molecular flexibility index (Phi) is 3.20. The first-order valence-electron chi connectivity index (χ1n) is 7.34. The molecule has 4 rings (SSSR count). The predicted molar refractivity (Wildman–Crippen MR) is 83.2 cm³/mol. The molecular weight excluding hydrogens is 282 g/mol. The van der Waals surface area contributed by atoms with Crippen LogP contribution < -0.4 is 5.73 Å². The number of nitrogens with zero attached hydrogens (tertiary/aromatic N) is 4. The molecule has 1 saturated carbocycles. The van der Waals surface area contributed by atoms with Crippen LogP contribution in [-0.4, -0.2) is 26.4 Å². The van der Waals surface area contributed by atoms with Crippen LogP contribution in [0.2, 0.25) is 0 Å². The smallest absolute Gasteiger partial charge is 0.234 e. The lowest BCUT2D eigenvalue weighted by Gasteiger charge is -2.13. The first-order valence-corrected chi connectivity index (χ1v) is 8.16. The van der Waals surface area contributed by atoms with Crippen LogP contribution in [0.3, 0.4) is 0 Å². The SMILES string of the molecule is NCC1CCCC1c1nn2c(-c3ccccc3)nnc2s1. The fraction of sp³-hybridized carbons (Fsp3) is 0.400. The third kappa shape index (κ3) is 2.15. The van der Waals surface area contributed by atoms with Gasteiger partial charge in [-0.15, -0.1) is 10.2 Å². The summed E-state index contributed by atoms with van der Waals surface area (Å²) in [4.78, 5) is 0.867. The van der Waals surface area contributed by atoms with Gasteiger partial charge in [0.05, 0.1) is 0 Å². The third-order valence-electron chi connectivity index (χ3n) is 4.32. The molecule has 6 heteroatoms. The van der Waals surface area contributed by atoms with Gasteiger partial charge in [-0.2, -0.15) is 9.61 Å². The summed E-state index contributed by atoms with van der Waals surface area (Å²) in [5.41, 5.74) is 6.94. The Balaban J connectivity index is 1.76. The van der Waals surface area contributed by atoms with Crippen molar-refractivity contribution in [1.82, 2.24) is 19.8 Å². The van der Waals surface area contributed by atoms with Crippen LogP contribution in [-0.2, 0) is 0 Å². The van der Waals surface area contributed by atoms with Crippen molar-refractivity contribution in [2.45, 2.75) is 25.2 Å². The lowest BCUT2D eigenvalue weighted by Crippen LogP contribution is -2.17. The highest BCUT2D eigenvalue weighted by Gasteiger charge is 2.31. The van der Waals surface area contributed by atoms with E-state index in [1.165, 1.54) is 19.3 Å². The molecule has 108 valence electrons. The number of nitrogens with two attached hydrogens (primary N) is 1. The van der Waals surface area contributed by atoms with Crippen molar-refractivity contribution in [1.29, 1.82) is 0 Å². The summed E-state index contributed by atoms with van der Waals surface area (Å²) < 4.78 is 1.88. The second-order valence-electron chi connectivity index (χ2n) is 5.56. The van der Waals surface area contributed by atoms with E-state index in [1.54, 1.807) is 11.3 Å². The van der Waals surface area contributed by atoms with E-state index in [2.05, 4.69) is 10.2 Å². The summed E-state index contributed by atoms with van der Waals surface area (Å²) in [6.45, 7) is 0.746. The number of rotatable bonds is 3. The number of hydrogen-bond donors (Lipinski definition) is 1. The molecule has 2 N–H and O–H groups in total. The maximum atomic E-state index is 5.89. The monoisotopic (exact) mass is 299 g/mol. The Hall–Kier alpha value is -1.79. The van der Waals surface area contributed by atoms with E-state index in [9.17, 15) is 0 Å². The first kappa shape index (κ1) is 12.9. The molecule has 0 amide bonds. The molecule has 2 atom stereocenters. The van der Waals surface area contributed by atoms with E-state index in [4.69, 9.17) is 10.8 Å². The van der Waals surface area contributed by atoms with Gasteiger partial charge in [-0.25, -0.2) is 0 Å². The molecule has 2 unspecified atom stereocenters. The van der Waals surface area contributed by atoms with E-state index < -0.39 is 0 Å².